The van der Waals surface area contributed by atoms with Crippen LogP contribution in [0.25, 0.3) is 0 Å². The molecule has 3 aliphatic rings. The first kappa shape index (κ1) is 16.6. The van der Waals surface area contributed by atoms with E-state index in [2.05, 4.69) is 12.1 Å². The number of hydrogen-bond donors (Lipinski definition) is 0. The first-order valence-electron chi connectivity index (χ1n) is 9.54. The summed E-state index contributed by atoms with van der Waals surface area (Å²) in [5.41, 5.74) is 3.51. The van der Waals surface area contributed by atoms with Crippen molar-refractivity contribution in [3.63, 3.8) is 0 Å². The second-order valence-corrected chi connectivity index (χ2v) is 7.31. The molecule has 1 atom stereocenters. The van der Waals surface area contributed by atoms with Crippen LogP contribution in [-0.2, 0) is 22.4 Å². The summed E-state index contributed by atoms with van der Waals surface area (Å²) in [6.45, 7) is 3.33. The van der Waals surface area contributed by atoms with Gasteiger partial charge in [0.1, 0.15) is 6.10 Å². The second kappa shape index (κ2) is 7.16. The van der Waals surface area contributed by atoms with Crippen molar-refractivity contribution in [2.45, 2.75) is 44.6 Å². The standard InChI is InChI=1S/C20H26N2O3/c23-19(17-8-7-15-4-1-5-16(15)14-17)21-9-3-10-22(12-11-21)20(24)18-6-2-13-25-18/h7-8,14,18H,1-6,9-13H2. The van der Waals surface area contributed by atoms with Gasteiger partial charge in [-0.25, -0.2) is 0 Å². The zero-order valence-electron chi connectivity index (χ0n) is 14.7. The monoisotopic (exact) mass is 342 g/mol. The predicted octanol–water partition coefficient (Wildman–Crippen LogP) is 2.03. The van der Waals surface area contributed by atoms with Gasteiger partial charge >= 0.3 is 0 Å². The van der Waals surface area contributed by atoms with E-state index in [0.29, 0.717) is 32.8 Å². The average Bonchev–Trinajstić information content (AvgIpc) is 3.27. The summed E-state index contributed by atoms with van der Waals surface area (Å²) < 4.78 is 5.52. The van der Waals surface area contributed by atoms with Gasteiger partial charge < -0.3 is 14.5 Å². The summed E-state index contributed by atoms with van der Waals surface area (Å²) in [5.74, 6) is 0.199. The number of carbonyl (C=O) groups excluding carboxylic acids is 2. The fraction of sp³-hybridized carbons (Fsp3) is 0.600. The molecule has 2 aliphatic heterocycles. The third-order valence-electron chi connectivity index (χ3n) is 5.65. The van der Waals surface area contributed by atoms with Gasteiger partial charge in [-0.05, 0) is 61.8 Å². The molecule has 5 heteroatoms. The Morgan fingerprint density at radius 2 is 1.72 bits per heavy atom. The molecule has 25 heavy (non-hydrogen) atoms. The summed E-state index contributed by atoms with van der Waals surface area (Å²) in [6, 6.07) is 6.15. The largest absolute Gasteiger partial charge is 0.368 e. The molecular weight excluding hydrogens is 316 g/mol. The van der Waals surface area contributed by atoms with E-state index >= 15 is 0 Å². The van der Waals surface area contributed by atoms with E-state index in [0.717, 1.165) is 37.7 Å². The van der Waals surface area contributed by atoms with Gasteiger partial charge in [-0.3, -0.25) is 9.59 Å². The first-order chi connectivity index (χ1) is 12.2. The van der Waals surface area contributed by atoms with E-state index in [-0.39, 0.29) is 17.9 Å². The second-order valence-electron chi connectivity index (χ2n) is 7.31. The Hall–Kier alpha value is -1.88. The van der Waals surface area contributed by atoms with Gasteiger partial charge in [0.2, 0.25) is 0 Å². The summed E-state index contributed by atoms with van der Waals surface area (Å²) in [7, 11) is 0. The van der Waals surface area contributed by atoms with E-state index in [9.17, 15) is 9.59 Å². The molecular formula is C20H26N2O3. The number of aryl methyl sites for hydroxylation is 2. The van der Waals surface area contributed by atoms with Crippen LogP contribution < -0.4 is 0 Å². The lowest BCUT2D eigenvalue weighted by atomic mass is 10.1. The lowest BCUT2D eigenvalue weighted by molar-refractivity contribution is -0.140. The molecule has 0 saturated carbocycles. The summed E-state index contributed by atoms with van der Waals surface area (Å²) in [5, 5.41) is 0. The van der Waals surface area contributed by atoms with Crippen LogP contribution >= 0.6 is 0 Å². The van der Waals surface area contributed by atoms with Crippen molar-refractivity contribution >= 4 is 11.8 Å². The highest BCUT2D eigenvalue weighted by Gasteiger charge is 2.30. The smallest absolute Gasteiger partial charge is 0.253 e. The zero-order chi connectivity index (χ0) is 17.2. The lowest BCUT2D eigenvalue weighted by Crippen LogP contribution is -2.41. The molecule has 2 saturated heterocycles. The molecule has 134 valence electrons. The Kier molecular flexibility index (Phi) is 4.75. The number of nitrogens with zero attached hydrogens (tertiary/aromatic N) is 2. The van der Waals surface area contributed by atoms with Crippen LogP contribution in [0.2, 0.25) is 0 Å². The molecule has 0 N–H and O–H groups in total. The van der Waals surface area contributed by atoms with Gasteiger partial charge in [-0.1, -0.05) is 6.07 Å². The highest BCUT2D eigenvalue weighted by molar-refractivity contribution is 5.94. The lowest BCUT2D eigenvalue weighted by Gasteiger charge is -2.24. The maximum atomic E-state index is 12.9. The summed E-state index contributed by atoms with van der Waals surface area (Å²) in [6.07, 6.45) is 5.76. The van der Waals surface area contributed by atoms with Gasteiger partial charge in [-0.2, -0.15) is 0 Å². The number of benzene rings is 1. The molecule has 1 aromatic carbocycles. The molecule has 4 rings (SSSR count). The SMILES string of the molecule is O=C(c1ccc2c(c1)CCC2)N1CCCN(C(=O)C2CCCO2)CC1. The molecule has 1 unspecified atom stereocenters. The van der Waals surface area contributed by atoms with Crippen molar-refractivity contribution in [3.8, 4) is 0 Å². The summed E-state index contributed by atoms with van der Waals surface area (Å²) in [4.78, 5) is 29.2. The number of ether oxygens (including phenoxy) is 1. The molecule has 1 aromatic rings. The highest BCUT2D eigenvalue weighted by Crippen LogP contribution is 2.24. The van der Waals surface area contributed by atoms with Gasteiger partial charge in [-0.15, -0.1) is 0 Å². The number of hydrogen-bond acceptors (Lipinski definition) is 3. The molecule has 0 radical (unpaired) electrons. The van der Waals surface area contributed by atoms with Crippen molar-refractivity contribution in [1.29, 1.82) is 0 Å². The van der Waals surface area contributed by atoms with Crippen LogP contribution in [0.3, 0.4) is 0 Å². The zero-order valence-corrected chi connectivity index (χ0v) is 14.7. The Bertz CT molecular complexity index is 667. The molecule has 0 bridgehead atoms. The van der Waals surface area contributed by atoms with Crippen molar-refractivity contribution < 1.29 is 14.3 Å². The molecule has 1 aliphatic carbocycles. The third kappa shape index (κ3) is 3.43. The quantitative estimate of drug-likeness (QED) is 0.826. The fourth-order valence-corrected chi connectivity index (χ4v) is 4.20. The molecule has 0 spiro atoms. The maximum Gasteiger partial charge on any atom is 0.253 e. The van der Waals surface area contributed by atoms with Crippen LogP contribution in [0.1, 0.15) is 47.2 Å². The van der Waals surface area contributed by atoms with Crippen molar-refractivity contribution in [3.05, 3.63) is 34.9 Å². The van der Waals surface area contributed by atoms with Crippen LogP contribution in [0.5, 0.6) is 0 Å². The Morgan fingerprint density at radius 3 is 2.56 bits per heavy atom. The molecule has 0 aromatic heterocycles. The fourth-order valence-electron chi connectivity index (χ4n) is 4.20. The van der Waals surface area contributed by atoms with Crippen molar-refractivity contribution in [1.82, 2.24) is 9.80 Å². The van der Waals surface area contributed by atoms with Gasteiger partial charge in [0.15, 0.2) is 0 Å². The minimum Gasteiger partial charge on any atom is -0.368 e. The number of fused-ring (bicyclic) bond motifs is 1. The Labute approximate surface area is 148 Å². The van der Waals surface area contributed by atoms with E-state index in [4.69, 9.17) is 4.74 Å². The van der Waals surface area contributed by atoms with E-state index < -0.39 is 0 Å². The maximum absolute atomic E-state index is 12.9. The Morgan fingerprint density at radius 1 is 0.920 bits per heavy atom. The van der Waals surface area contributed by atoms with Crippen LogP contribution in [-0.4, -0.2) is 60.5 Å². The average molecular weight is 342 g/mol. The van der Waals surface area contributed by atoms with Crippen LogP contribution in [0.4, 0.5) is 0 Å². The van der Waals surface area contributed by atoms with Gasteiger partial charge in [0.05, 0.1) is 0 Å². The molecule has 2 fully saturated rings. The van der Waals surface area contributed by atoms with Crippen LogP contribution in [0.15, 0.2) is 18.2 Å². The molecule has 5 nitrogen and oxygen atoms in total. The molecule has 2 heterocycles. The predicted molar refractivity (Wildman–Crippen MR) is 94.5 cm³/mol. The molecule has 2 amide bonds. The van der Waals surface area contributed by atoms with Gasteiger partial charge in [0.25, 0.3) is 11.8 Å². The number of carbonyl (C=O) groups is 2. The minimum absolute atomic E-state index is 0.0983. The van der Waals surface area contributed by atoms with Crippen LogP contribution in [0, 0.1) is 0 Å². The first-order valence-corrected chi connectivity index (χ1v) is 9.54. The van der Waals surface area contributed by atoms with E-state index in [1.807, 2.05) is 15.9 Å². The normalized spacial score (nSPS) is 23.4. The number of rotatable bonds is 2. The van der Waals surface area contributed by atoms with E-state index in [1.54, 1.807) is 0 Å². The van der Waals surface area contributed by atoms with Crippen molar-refractivity contribution in [2.75, 3.05) is 32.8 Å². The topological polar surface area (TPSA) is 49.9 Å². The third-order valence-corrected chi connectivity index (χ3v) is 5.65. The van der Waals surface area contributed by atoms with Gasteiger partial charge in [0, 0.05) is 38.3 Å². The highest BCUT2D eigenvalue weighted by atomic mass is 16.5. The minimum atomic E-state index is -0.265. The summed E-state index contributed by atoms with van der Waals surface area (Å²) >= 11 is 0. The Balaban J connectivity index is 1.40. The van der Waals surface area contributed by atoms with Crippen molar-refractivity contribution in [2.24, 2.45) is 0 Å². The van der Waals surface area contributed by atoms with E-state index in [1.165, 1.54) is 17.5 Å². The number of amides is 2.